The van der Waals surface area contributed by atoms with E-state index in [1.807, 2.05) is 0 Å². The van der Waals surface area contributed by atoms with Crippen molar-refractivity contribution >= 4 is 10.0 Å². The molecule has 0 amide bonds. The highest BCUT2D eigenvalue weighted by Gasteiger charge is 2.19. The van der Waals surface area contributed by atoms with Crippen LogP contribution in [0.3, 0.4) is 0 Å². The number of hydrogen-bond acceptors (Lipinski definition) is 3. The van der Waals surface area contributed by atoms with Crippen LogP contribution in [-0.2, 0) is 10.0 Å². The summed E-state index contributed by atoms with van der Waals surface area (Å²) in [6.07, 6.45) is 0. The molecule has 1 aromatic rings. The van der Waals surface area contributed by atoms with E-state index < -0.39 is 21.4 Å². The SMILES string of the molecule is Cc1cc(F)cc(S(=O)(=O)NCC(C)(C)N)c1. The van der Waals surface area contributed by atoms with Crippen molar-refractivity contribution in [2.75, 3.05) is 6.54 Å². The molecule has 0 aromatic heterocycles. The molecule has 0 heterocycles. The Morgan fingerprint density at radius 1 is 1.35 bits per heavy atom. The smallest absolute Gasteiger partial charge is 0.240 e. The van der Waals surface area contributed by atoms with Gasteiger partial charge in [0.25, 0.3) is 0 Å². The van der Waals surface area contributed by atoms with Crippen LogP contribution in [0, 0.1) is 12.7 Å². The maximum atomic E-state index is 13.1. The fourth-order valence-corrected chi connectivity index (χ4v) is 2.56. The number of hydrogen-bond donors (Lipinski definition) is 2. The average Bonchev–Trinajstić information content (AvgIpc) is 2.12. The fourth-order valence-electron chi connectivity index (χ4n) is 1.22. The summed E-state index contributed by atoms with van der Waals surface area (Å²) in [6.45, 7) is 5.12. The van der Waals surface area contributed by atoms with Crippen molar-refractivity contribution in [3.8, 4) is 0 Å². The first kappa shape index (κ1) is 14.1. The van der Waals surface area contributed by atoms with Crippen molar-refractivity contribution < 1.29 is 12.8 Å². The highest BCUT2D eigenvalue weighted by Crippen LogP contribution is 2.14. The summed E-state index contributed by atoms with van der Waals surface area (Å²) in [5, 5.41) is 0. The van der Waals surface area contributed by atoms with Crippen molar-refractivity contribution in [3.05, 3.63) is 29.6 Å². The Morgan fingerprint density at radius 2 is 1.94 bits per heavy atom. The second-order valence-electron chi connectivity index (χ2n) is 4.78. The van der Waals surface area contributed by atoms with Gasteiger partial charge in [0.05, 0.1) is 4.90 Å². The lowest BCUT2D eigenvalue weighted by atomic mass is 10.1. The van der Waals surface area contributed by atoms with Crippen molar-refractivity contribution in [1.29, 1.82) is 0 Å². The Labute approximate surface area is 101 Å². The molecule has 0 aliphatic heterocycles. The summed E-state index contributed by atoms with van der Waals surface area (Å²) in [6, 6.07) is 3.67. The molecule has 0 spiro atoms. The number of sulfonamides is 1. The van der Waals surface area contributed by atoms with Crippen LogP contribution < -0.4 is 10.5 Å². The number of nitrogens with one attached hydrogen (secondary N) is 1. The van der Waals surface area contributed by atoms with E-state index in [9.17, 15) is 12.8 Å². The van der Waals surface area contributed by atoms with Gasteiger partial charge in [-0.05, 0) is 44.5 Å². The molecule has 0 radical (unpaired) electrons. The molecule has 0 aliphatic carbocycles. The first-order valence-corrected chi connectivity index (χ1v) is 6.64. The normalized spacial score (nSPS) is 12.8. The van der Waals surface area contributed by atoms with E-state index in [4.69, 9.17) is 5.73 Å². The molecule has 0 unspecified atom stereocenters. The zero-order valence-corrected chi connectivity index (χ0v) is 10.9. The van der Waals surface area contributed by atoms with E-state index in [1.54, 1.807) is 20.8 Å². The highest BCUT2D eigenvalue weighted by atomic mass is 32.2. The molecule has 0 atom stereocenters. The van der Waals surface area contributed by atoms with Gasteiger partial charge in [0, 0.05) is 12.1 Å². The van der Waals surface area contributed by atoms with E-state index in [1.165, 1.54) is 12.1 Å². The predicted octanol–water partition coefficient (Wildman–Crippen LogP) is 1.15. The molecule has 0 fully saturated rings. The van der Waals surface area contributed by atoms with Crippen LogP contribution in [0.2, 0.25) is 0 Å². The summed E-state index contributed by atoms with van der Waals surface area (Å²) < 4.78 is 39.2. The zero-order valence-electron chi connectivity index (χ0n) is 10.1. The van der Waals surface area contributed by atoms with Gasteiger partial charge in [-0.2, -0.15) is 0 Å². The van der Waals surface area contributed by atoms with Gasteiger partial charge >= 0.3 is 0 Å². The molecular weight excluding hydrogens is 243 g/mol. The Kier molecular flexibility index (Phi) is 3.91. The molecule has 0 bridgehead atoms. The number of nitrogens with two attached hydrogens (primary N) is 1. The molecule has 1 rings (SSSR count). The number of benzene rings is 1. The quantitative estimate of drug-likeness (QED) is 0.853. The molecule has 0 saturated heterocycles. The minimum Gasteiger partial charge on any atom is -0.324 e. The second kappa shape index (κ2) is 4.72. The summed E-state index contributed by atoms with van der Waals surface area (Å²) in [7, 11) is -3.71. The number of halogens is 1. The third-order valence-electron chi connectivity index (χ3n) is 2.04. The van der Waals surface area contributed by atoms with E-state index in [2.05, 4.69) is 4.72 Å². The minimum atomic E-state index is -3.71. The average molecular weight is 260 g/mol. The maximum absolute atomic E-state index is 13.1. The highest BCUT2D eigenvalue weighted by molar-refractivity contribution is 7.89. The third kappa shape index (κ3) is 4.41. The van der Waals surface area contributed by atoms with Gasteiger partial charge in [-0.3, -0.25) is 0 Å². The molecule has 96 valence electrons. The predicted molar refractivity (Wildman–Crippen MR) is 64.6 cm³/mol. The van der Waals surface area contributed by atoms with E-state index in [-0.39, 0.29) is 11.4 Å². The van der Waals surface area contributed by atoms with Crippen LogP contribution in [0.1, 0.15) is 19.4 Å². The van der Waals surface area contributed by atoms with Crippen LogP contribution in [0.15, 0.2) is 23.1 Å². The lowest BCUT2D eigenvalue weighted by Gasteiger charge is -2.19. The van der Waals surface area contributed by atoms with Gasteiger partial charge in [0.1, 0.15) is 5.82 Å². The lowest BCUT2D eigenvalue weighted by Crippen LogP contribution is -2.45. The Morgan fingerprint density at radius 3 is 2.41 bits per heavy atom. The van der Waals surface area contributed by atoms with Crippen LogP contribution in [0.4, 0.5) is 4.39 Å². The molecule has 0 saturated carbocycles. The monoisotopic (exact) mass is 260 g/mol. The summed E-state index contributed by atoms with van der Waals surface area (Å²) in [5.41, 5.74) is 5.58. The molecular formula is C11H17FN2O2S. The van der Waals surface area contributed by atoms with Gasteiger partial charge in [0.15, 0.2) is 0 Å². The Hall–Kier alpha value is -0.980. The first-order chi connectivity index (χ1) is 7.60. The van der Waals surface area contributed by atoms with Crippen molar-refractivity contribution in [1.82, 2.24) is 4.72 Å². The Balaban J connectivity index is 2.98. The number of rotatable bonds is 4. The van der Waals surface area contributed by atoms with E-state index >= 15 is 0 Å². The van der Waals surface area contributed by atoms with Crippen molar-refractivity contribution in [3.63, 3.8) is 0 Å². The van der Waals surface area contributed by atoms with Crippen molar-refractivity contribution in [2.45, 2.75) is 31.2 Å². The molecule has 6 heteroatoms. The van der Waals surface area contributed by atoms with Crippen LogP contribution in [0.25, 0.3) is 0 Å². The summed E-state index contributed by atoms with van der Waals surface area (Å²) >= 11 is 0. The summed E-state index contributed by atoms with van der Waals surface area (Å²) in [4.78, 5) is -0.0840. The maximum Gasteiger partial charge on any atom is 0.240 e. The standard InChI is InChI=1S/C11H17FN2O2S/c1-8-4-9(12)6-10(5-8)17(15,16)14-7-11(2,3)13/h4-6,14H,7,13H2,1-3H3. The van der Waals surface area contributed by atoms with Gasteiger partial charge < -0.3 is 5.73 Å². The minimum absolute atomic E-state index is 0.0840. The van der Waals surface area contributed by atoms with Gasteiger partial charge in [-0.25, -0.2) is 17.5 Å². The molecule has 17 heavy (non-hydrogen) atoms. The van der Waals surface area contributed by atoms with Gasteiger partial charge in [-0.1, -0.05) is 0 Å². The van der Waals surface area contributed by atoms with Crippen molar-refractivity contribution in [2.24, 2.45) is 5.73 Å². The molecule has 3 N–H and O–H groups in total. The zero-order chi connectivity index (χ0) is 13.3. The van der Waals surface area contributed by atoms with E-state index in [0.717, 1.165) is 6.07 Å². The topological polar surface area (TPSA) is 72.2 Å². The first-order valence-electron chi connectivity index (χ1n) is 5.16. The number of aryl methyl sites for hydroxylation is 1. The fraction of sp³-hybridized carbons (Fsp3) is 0.455. The largest absolute Gasteiger partial charge is 0.324 e. The van der Waals surface area contributed by atoms with Gasteiger partial charge in [0.2, 0.25) is 10.0 Å². The van der Waals surface area contributed by atoms with Crippen LogP contribution in [-0.4, -0.2) is 20.5 Å². The van der Waals surface area contributed by atoms with Crippen LogP contribution in [0.5, 0.6) is 0 Å². The molecule has 4 nitrogen and oxygen atoms in total. The lowest BCUT2D eigenvalue weighted by molar-refractivity contribution is 0.497. The Bertz CT molecular complexity index is 486. The van der Waals surface area contributed by atoms with Crippen LogP contribution >= 0.6 is 0 Å². The second-order valence-corrected chi connectivity index (χ2v) is 6.54. The third-order valence-corrected chi connectivity index (χ3v) is 3.42. The van der Waals surface area contributed by atoms with Gasteiger partial charge in [-0.15, -0.1) is 0 Å². The molecule has 1 aromatic carbocycles. The summed E-state index contributed by atoms with van der Waals surface area (Å²) in [5.74, 6) is -0.572. The molecule has 0 aliphatic rings. The van der Waals surface area contributed by atoms with E-state index in [0.29, 0.717) is 5.56 Å².